The molecule has 1 aromatic carbocycles. The summed E-state index contributed by atoms with van der Waals surface area (Å²) in [4.78, 5) is 0. The van der Waals surface area contributed by atoms with Crippen LogP contribution in [0.2, 0.25) is 0 Å². The zero-order valence-electron chi connectivity index (χ0n) is 12.8. The molecule has 2 nitrogen and oxygen atoms in total. The zero-order chi connectivity index (χ0) is 13.9. The molecule has 0 radical (unpaired) electrons. The summed E-state index contributed by atoms with van der Waals surface area (Å²) in [5, 5.41) is 3.81. The Labute approximate surface area is 122 Å². The Bertz CT molecular complexity index is 441. The number of hydrogen-bond donors (Lipinski definition) is 1. The molecule has 1 aliphatic carbocycles. The number of aryl methyl sites for hydroxylation is 2. The van der Waals surface area contributed by atoms with Gasteiger partial charge in [-0.25, -0.2) is 0 Å². The molecule has 3 rings (SSSR count). The van der Waals surface area contributed by atoms with E-state index in [1.165, 1.54) is 36.8 Å². The maximum atomic E-state index is 5.91. The van der Waals surface area contributed by atoms with Gasteiger partial charge in [0.05, 0.1) is 6.10 Å². The van der Waals surface area contributed by atoms with E-state index < -0.39 is 0 Å². The molecule has 1 saturated heterocycles. The van der Waals surface area contributed by atoms with Crippen molar-refractivity contribution in [3.8, 4) is 0 Å². The van der Waals surface area contributed by atoms with Crippen LogP contribution in [0.15, 0.2) is 24.3 Å². The molecule has 0 spiro atoms. The number of rotatable bonds is 6. The summed E-state index contributed by atoms with van der Waals surface area (Å²) in [5.41, 5.74) is 2.82. The van der Waals surface area contributed by atoms with E-state index in [-0.39, 0.29) is 0 Å². The molecule has 1 N–H and O–H groups in total. The van der Waals surface area contributed by atoms with Crippen LogP contribution in [0, 0.1) is 12.8 Å². The third kappa shape index (κ3) is 3.62. The highest BCUT2D eigenvalue weighted by atomic mass is 16.5. The van der Waals surface area contributed by atoms with E-state index in [4.69, 9.17) is 4.74 Å². The fourth-order valence-corrected chi connectivity index (χ4v) is 3.38. The number of hydrogen-bond acceptors (Lipinski definition) is 2. The van der Waals surface area contributed by atoms with Gasteiger partial charge in [0.1, 0.15) is 0 Å². The smallest absolute Gasteiger partial charge is 0.0757 e. The van der Waals surface area contributed by atoms with Gasteiger partial charge < -0.3 is 10.1 Å². The molecule has 0 bridgehead atoms. The highest BCUT2D eigenvalue weighted by Gasteiger charge is 2.40. The molecule has 2 heteroatoms. The van der Waals surface area contributed by atoms with Crippen molar-refractivity contribution in [3.63, 3.8) is 0 Å². The molecule has 2 aliphatic rings. The first-order valence-electron chi connectivity index (χ1n) is 8.15. The lowest BCUT2D eigenvalue weighted by Gasteiger charge is -2.24. The molecule has 3 unspecified atom stereocenters. The van der Waals surface area contributed by atoms with Crippen LogP contribution < -0.4 is 5.32 Å². The first-order chi connectivity index (χ1) is 9.72. The van der Waals surface area contributed by atoms with E-state index in [0.717, 1.165) is 18.9 Å². The monoisotopic (exact) mass is 273 g/mol. The third-order valence-corrected chi connectivity index (χ3v) is 4.67. The minimum Gasteiger partial charge on any atom is -0.376 e. The largest absolute Gasteiger partial charge is 0.376 e. The summed E-state index contributed by atoms with van der Waals surface area (Å²) in [6, 6.07) is 10.0. The number of benzene rings is 1. The summed E-state index contributed by atoms with van der Waals surface area (Å²) in [5.74, 6) is 0.846. The van der Waals surface area contributed by atoms with Gasteiger partial charge >= 0.3 is 0 Å². The van der Waals surface area contributed by atoms with Crippen molar-refractivity contribution in [2.75, 3.05) is 6.61 Å². The van der Waals surface area contributed by atoms with Crippen LogP contribution in [-0.4, -0.2) is 24.8 Å². The van der Waals surface area contributed by atoms with Crippen LogP contribution in [-0.2, 0) is 11.2 Å². The first kappa shape index (κ1) is 14.1. The van der Waals surface area contributed by atoms with Crippen molar-refractivity contribution >= 4 is 0 Å². The van der Waals surface area contributed by atoms with Crippen molar-refractivity contribution < 1.29 is 4.74 Å². The van der Waals surface area contributed by atoms with Crippen molar-refractivity contribution in [2.45, 2.75) is 64.1 Å². The van der Waals surface area contributed by atoms with Crippen LogP contribution in [0.1, 0.15) is 43.7 Å². The highest BCUT2D eigenvalue weighted by Crippen LogP contribution is 2.38. The predicted molar refractivity (Wildman–Crippen MR) is 83.0 cm³/mol. The van der Waals surface area contributed by atoms with E-state index in [2.05, 4.69) is 43.4 Å². The molecule has 2 fully saturated rings. The van der Waals surface area contributed by atoms with Crippen molar-refractivity contribution in [2.24, 2.45) is 5.92 Å². The number of ether oxygens (including phenoxy) is 1. The second-order valence-electron chi connectivity index (χ2n) is 6.66. The Hall–Kier alpha value is -0.860. The van der Waals surface area contributed by atoms with Gasteiger partial charge in [-0.05, 0) is 57.4 Å². The van der Waals surface area contributed by atoms with E-state index in [9.17, 15) is 0 Å². The van der Waals surface area contributed by atoms with Crippen LogP contribution in [0.5, 0.6) is 0 Å². The lowest BCUT2D eigenvalue weighted by atomic mass is 10.0. The first-order valence-corrected chi connectivity index (χ1v) is 8.15. The molecular weight excluding hydrogens is 246 g/mol. The average molecular weight is 273 g/mol. The Kier molecular flexibility index (Phi) is 4.42. The van der Waals surface area contributed by atoms with Gasteiger partial charge in [0, 0.05) is 18.7 Å². The standard InChI is InChI=1S/C18H27NO/c1-13-4-3-5-15(12-13)7-6-14(2)19-17-10-11-20-18(17)16-8-9-16/h3-5,12,14,16-19H,6-11H2,1-2H3. The van der Waals surface area contributed by atoms with Crippen LogP contribution in [0.3, 0.4) is 0 Å². The van der Waals surface area contributed by atoms with Gasteiger partial charge in [-0.1, -0.05) is 29.8 Å². The summed E-state index contributed by atoms with van der Waals surface area (Å²) in [7, 11) is 0. The van der Waals surface area contributed by atoms with Crippen LogP contribution >= 0.6 is 0 Å². The summed E-state index contributed by atoms with van der Waals surface area (Å²) in [6.45, 7) is 5.43. The molecule has 1 aliphatic heterocycles. The second kappa shape index (κ2) is 6.28. The molecule has 1 heterocycles. The van der Waals surface area contributed by atoms with Gasteiger partial charge in [0.2, 0.25) is 0 Å². The molecule has 1 aromatic rings. The van der Waals surface area contributed by atoms with Gasteiger partial charge in [0.25, 0.3) is 0 Å². The van der Waals surface area contributed by atoms with Gasteiger partial charge in [-0.3, -0.25) is 0 Å². The molecule has 1 saturated carbocycles. The minimum absolute atomic E-state index is 0.497. The maximum Gasteiger partial charge on any atom is 0.0757 e. The van der Waals surface area contributed by atoms with Crippen LogP contribution in [0.25, 0.3) is 0 Å². The quantitative estimate of drug-likeness (QED) is 0.857. The minimum atomic E-state index is 0.497. The van der Waals surface area contributed by atoms with Crippen molar-refractivity contribution in [3.05, 3.63) is 35.4 Å². The highest BCUT2D eigenvalue weighted by molar-refractivity contribution is 5.22. The fraction of sp³-hybridized carbons (Fsp3) is 0.667. The summed E-state index contributed by atoms with van der Waals surface area (Å²) < 4.78 is 5.91. The Morgan fingerprint density at radius 1 is 1.30 bits per heavy atom. The summed E-state index contributed by atoms with van der Waals surface area (Å²) >= 11 is 0. The topological polar surface area (TPSA) is 21.3 Å². The lowest BCUT2D eigenvalue weighted by molar-refractivity contribution is 0.0791. The average Bonchev–Trinajstić information content (AvgIpc) is 3.17. The van der Waals surface area contributed by atoms with Crippen molar-refractivity contribution in [1.82, 2.24) is 5.32 Å². The number of nitrogens with one attached hydrogen (secondary N) is 1. The fourth-order valence-electron chi connectivity index (χ4n) is 3.38. The Morgan fingerprint density at radius 2 is 2.15 bits per heavy atom. The van der Waals surface area contributed by atoms with E-state index in [0.29, 0.717) is 18.2 Å². The van der Waals surface area contributed by atoms with E-state index in [1.807, 2.05) is 0 Å². The van der Waals surface area contributed by atoms with E-state index >= 15 is 0 Å². The maximum absolute atomic E-state index is 5.91. The normalized spacial score (nSPS) is 27.7. The second-order valence-corrected chi connectivity index (χ2v) is 6.66. The Morgan fingerprint density at radius 3 is 2.90 bits per heavy atom. The van der Waals surface area contributed by atoms with Gasteiger partial charge in [-0.2, -0.15) is 0 Å². The van der Waals surface area contributed by atoms with Gasteiger partial charge in [-0.15, -0.1) is 0 Å². The summed E-state index contributed by atoms with van der Waals surface area (Å²) in [6.07, 6.45) is 6.81. The van der Waals surface area contributed by atoms with Crippen molar-refractivity contribution in [1.29, 1.82) is 0 Å². The van der Waals surface area contributed by atoms with Crippen LogP contribution in [0.4, 0.5) is 0 Å². The molecule has 3 atom stereocenters. The van der Waals surface area contributed by atoms with E-state index in [1.54, 1.807) is 0 Å². The lowest BCUT2D eigenvalue weighted by Crippen LogP contribution is -2.42. The van der Waals surface area contributed by atoms with Gasteiger partial charge in [0.15, 0.2) is 0 Å². The molecule has 0 aromatic heterocycles. The molecule has 0 amide bonds. The Balaban J connectivity index is 1.46. The third-order valence-electron chi connectivity index (χ3n) is 4.67. The molecule has 20 heavy (non-hydrogen) atoms. The predicted octanol–water partition coefficient (Wildman–Crippen LogP) is 3.47. The molecule has 110 valence electrons. The SMILES string of the molecule is Cc1cccc(CCC(C)NC2CCOC2C2CC2)c1. The molecular formula is C18H27NO. The zero-order valence-corrected chi connectivity index (χ0v) is 12.8.